The normalized spacial score (nSPS) is 15.2. The van der Waals surface area contributed by atoms with E-state index in [4.69, 9.17) is 4.74 Å². The Morgan fingerprint density at radius 3 is 2.61 bits per heavy atom. The average molecular weight is 308 g/mol. The lowest BCUT2D eigenvalue weighted by Gasteiger charge is -2.15. The van der Waals surface area contributed by atoms with Crippen molar-refractivity contribution in [2.45, 2.75) is 46.3 Å². The second-order valence-corrected chi connectivity index (χ2v) is 6.24. The molecule has 0 radical (unpaired) electrons. The first-order valence-corrected chi connectivity index (χ1v) is 8.27. The molecular weight excluding hydrogens is 284 g/mol. The number of nitrogens with one attached hydrogen (secondary N) is 1. The summed E-state index contributed by atoms with van der Waals surface area (Å²) in [6, 6.07) is 14.7. The summed E-state index contributed by atoms with van der Waals surface area (Å²) in [7, 11) is 0. The zero-order chi connectivity index (χ0) is 16.2. The Kier molecular flexibility index (Phi) is 4.65. The fourth-order valence-corrected chi connectivity index (χ4v) is 2.90. The number of fused-ring (bicyclic) bond motifs is 1. The van der Waals surface area contributed by atoms with E-state index in [-0.39, 0.29) is 6.23 Å². The molecule has 0 bridgehead atoms. The summed E-state index contributed by atoms with van der Waals surface area (Å²) in [6.45, 7) is 6.05. The van der Waals surface area contributed by atoms with Gasteiger partial charge < -0.3 is 4.74 Å². The maximum atomic E-state index is 5.81. The summed E-state index contributed by atoms with van der Waals surface area (Å²) in [4.78, 5) is 0. The van der Waals surface area contributed by atoms with Gasteiger partial charge in [0.05, 0.1) is 5.71 Å². The largest absolute Gasteiger partial charge is 0.470 e. The van der Waals surface area contributed by atoms with Gasteiger partial charge in [-0.05, 0) is 74.9 Å². The standard InChI is InChI=1S/C20H24N2O/c1-14-7-11-20(12-8-14)23-16(3)22-21-15(2)18-10-9-17-5-4-6-19(17)13-18/h7-13,16,22H,4-6H2,1-3H3/b21-15+. The zero-order valence-electron chi connectivity index (χ0n) is 14.1. The van der Waals surface area contributed by atoms with Gasteiger partial charge in [-0.3, -0.25) is 5.43 Å². The molecule has 0 aromatic heterocycles. The second kappa shape index (κ2) is 6.86. The van der Waals surface area contributed by atoms with Gasteiger partial charge in [0.2, 0.25) is 0 Å². The quantitative estimate of drug-likeness (QED) is 0.509. The number of hydrazone groups is 1. The van der Waals surface area contributed by atoms with Crippen LogP contribution in [0.4, 0.5) is 0 Å². The van der Waals surface area contributed by atoms with Crippen LogP contribution in [0.2, 0.25) is 0 Å². The van der Waals surface area contributed by atoms with Gasteiger partial charge in [0.25, 0.3) is 0 Å². The summed E-state index contributed by atoms with van der Waals surface area (Å²) >= 11 is 0. The molecule has 3 heteroatoms. The molecule has 2 aromatic carbocycles. The molecule has 2 aromatic rings. The van der Waals surface area contributed by atoms with Crippen LogP contribution in [0.3, 0.4) is 0 Å². The Morgan fingerprint density at radius 1 is 1.09 bits per heavy atom. The Morgan fingerprint density at radius 2 is 1.83 bits per heavy atom. The van der Waals surface area contributed by atoms with Crippen LogP contribution in [0, 0.1) is 6.92 Å². The number of hydrogen-bond donors (Lipinski definition) is 1. The fraction of sp³-hybridized carbons (Fsp3) is 0.350. The van der Waals surface area contributed by atoms with Crippen LogP contribution >= 0.6 is 0 Å². The molecule has 0 amide bonds. The van der Waals surface area contributed by atoms with Gasteiger partial charge in [-0.1, -0.05) is 29.8 Å². The van der Waals surface area contributed by atoms with Crippen molar-refractivity contribution in [3.63, 3.8) is 0 Å². The molecule has 3 rings (SSSR count). The molecular formula is C20H24N2O. The summed E-state index contributed by atoms with van der Waals surface area (Å²) in [5.74, 6) is 0.848. The molecule has 23 heavy (non-hydrogen) atoms. The molecule has 1 unspecified atom stereocenters. The summed E-state index contributed by atoms with van der Waals surface area (Å²) in [5, 5.41) is 4.48. The van der Waals surface area contributed by atoms with Crippen molar-refractivity contribution >= 4 is 5.71 Å². The SMILES string of the molecule is C/C(=N\NC(C)Oc1ccc(C)cc1)c1ccc2c(c1)CCC2. The van der Waals surface area contributed by atoms with Gasteiger partial charge in [0.1, 0.15) is 5.75 Å². The maximum Gasteiger partial charge on any atom is 0.181 e. The third-order valence-corrected chi connectivity index (χ3v) is 4.26. The molecule has 1 atom stereocenters. The molecule has 0 heterocycles. The van der Waals surface area contributed by atoms with E-state index >= 15 is 0 Å². The van der Waals surface area contributed by atoms with Crippen molar-refractivity contribution in [3.8, 4) is 5.75 Å². The van der Waals surface area contributed by atoms with E-state index in [0.29, 0.717) is 0 Å². The van der Waals surface area contributed by atoms with Crippen molar-refractivity contribution in [1.29, 1.82) is 0 Å². The molecule has 0 saturated heterocycles. The van der Waals surface area contributed by atoms with E-state index < -0.39 is 0 Å². The minimum absolute atomic E-state index is 0.179. The van der Waals surface area contributed by atoms with Gasteiger partial charge in [-0.15, -0.1) is 0 Å². The zero-order valence-corrected chi connectivity index (χ0v) is 14.1. The first-order valence-electron chi connectivity index (χ1n) is 8.27. The monoisotopic (exact) mass is 308 g/mol. The highest BCUT2D eigenvalue weighted by molar-refractivity contribution is 5.98. The first-order chi connectivity index (χ1) is 11.1. The van der Waals surface area contributed by atoms with Gasteiger partial charge in [-0.2, -0.15) is 5.10 Å². The number of aryl methyl sites for hydroxylation is 3. The molecule has 3 nitrogen and oxygen atoms in total. The summed E-state index contributed by atoms with van der Waals surface area (Å²) in [6.07, 6.45) is 3.50. The van der Waals surface area contributed by atoms with E-state index in [2.05, 4.69) is 35.7 Å². The van der Waals surface area contributed by atoms with E-state index in [1.165, 1.54) is 41.5 Å². The van der Waals surface area contributed by atoms with Crippen LogP contribution in [0.15, 0.2) is 47.6 Å². The molecule has 1 aliphatic rings. The Hall–Kier alpha value is -2.29. The number of benzene rings is 2. The number of hydrogen-bond acceptors (Lipinski definition) is 3. The molecule has 0 saturated carbocycles. The maximum absolute atomic E-state index is 5.81. The van der Waals surface area contributed by atoms with Crippen LogP contribution in [0.1, 0.15) is 42.5 Å². The Balaban J connectivity index is 1.61. The van der Waals surface area contributed by atoms with Crippen LogP contribution in [0.25, 0.3) is 0 Å². The fourth-order valence-electron chi connectivity index (χ4n) is 2.90. The Bertz CT molecular complexity index is 704. The van der Waals surface area contributed by atoms with E-state index in [1.807, 2.05) is 38.1 Å². The lowest BCUT2D eigenvalue weighted by Crippen LogP contribution is -2.28. The minimum Gasteiger partial charge on any atom is -0.470 e. The minimum atomic E-state index is -0.179. The average Bonchev–Trinajstić information content (AvgIpc) is 3.02. The molecule has 0 fully saturated rings. The lowest BCUT2D eigenvalue weighted by atomic mass is 10.0. The van der Waals surface area contributed by atoms with Crippen molar-refractivity contribution in [2.24, 2.45) is 5.10 Å². The van der Waals surface area contributed by atoms with E-state index in [1.54, 1.807) is 0 Å². The third-order valence-electron chi connectivity index (χ3n) is 4.26. The molecule has 0 aliphatic heterocycles. The number of ether oxygens (including phenoxy) is 1. The van der Waals surface area contributed by atoms with Crippen molar-refractivity contribution in [3.05, 3.63) is 64.7 Å². The molecule has 120 valence electrons. The van der Waals surface area contributed by atoms with Crippen LogP contribution in [-0.2, 0) is 12.8 Å². The van der Waals surface area contributed by atoms with Gasteiger partial charge in [-0.25, -0.2) is 0 Å². The van der Waals surface area contributed by atoms with Gasteiger partial charge >= 0.3 is 0 Å². The van der Waals surface area contributed by atoms with E-state index in [9.17, 15) is 0 Å². The second-order valence-electron chi connectivity index (χ2n) is 6.24. The topological polar surface area (TPSA) is 33.6 Å². The third kappa shape index (κ3) is 3.92. The molecule has 1 N–H and O–H groups in total. The number of rotatable bonds is 5. The molecule has 0 spiro atoms. The highest BCUT2D eigenvalue weighted by Crippen LogP contribution is 2.23. The number of nitrogens with zero attached hydrogens (tertiary/aromatic N) is 1. The predicted octanol–water partition coefficient (Wildman–Crippen LogP) is 4.22. The summed E-state index contributed by atoms with van der Waals surface area (Å²) in [5.41, 5.74) is 9.43. The van der Waals surface area contributed by atoms with E-state index in [0.717, 1.165) is 11.5 Å². The highest BCUT2D eigenvalue weighted by atomic mass is 16.5. The van der Waals surface area contributed by atoms with Crippen LogP contribution in [-0.4, -0.2) is 11.9 Å². The first kappa shape index (κ1) is 15.6. The van der Waals surface area contributed by atoms with Crippen LogP contribution in [0.5, 0.6) is 5.75 Å². The lowest BCUT2D eigenvalue weighted by molar-refractivity contribution is 0.185. The van der Waals surface area contributed by atoms with Gasteiger partial charge in [0, 0.05) is 0 Å². The predicted molar refractivity (Wildman–Crippen MR) is 95.1 cm³/mol. The van der Waals surface area contributed by atoms with Crippen molar-refractivity contribution < 1.29 is 4.74 Å². The highest BCUT2D eigenvalue weighted by Gasteiger charge is 2.11. The van der Waals surface area contributed by atoms with Crippen molar-refractivity contribution in [1.82, 2.24) is 5.43 Å². The van der Waals surface area contributed by atoms with Crippen molar-refractivity contribution in [2.75, 3.05) is 0 Å². The van der Waals surface area contributed by atoms with Gasteiger partial charge in [0.15, 0.2) is 6.23 Å². The Labute approximate surface area is 138 Å². The summed E-state index contributed by atoms with van der Waals surface area (Å²) < 4.78 is 5.81. The van der Waals surface area contributed by atoms with Crippen LogP contribution < -0.4 is 10.2 Å². The smallest absolute Gasteiger partial charge is 0.181 e. The molecule has 1 aliphatic carbocycles.